The van der Waals surface area contributed by atoms with E-state index in [1.54, 1.807) is 12.4 Å². The molecule has 2 aromatic rings. The maximum absolute atomic E-state index is 5.97. The highest BCUT2D eigenvalue weighted by molar-refractivity contribution is 5.64. The molecule has 0 amide bonds. The Morgan fingerprint density at radius 2 is 1.90 bits per heavy atom. The van der Waals surface area contributed by atoms with Gasteiger partial charge in [-0.1, -0.05) is 18.6 Å². The molecule has 1 aliphatic rings. The molecule has 0 radical (unpaired) electrons. The van der Waals surface area contributed by atoms with E-state index in [4.69, 9.17) is 10.5 Å². The monoisotopic (exact) mass is 268 g/mol. The van der Waals surface area contributed by atoms with Gasteiger partial charge >= 0.3 is 0 Å². The van der Waals surface area contributed by atoms with Gasteiger partial charge in [-0.05, 0) is 48.2 Å². The summed E-state index contributed by atoms with van der Waals surface area (Å²) in [5.74, 6) is 0.916. The maximum Gasteiger partial charge on any atom is 0.119 e. The standard InChI is InChI=1S/C17H20N2O/c18-12-17(7-2-8-17)13-20-16-4-1-3-15(11-16)14-5-9-19-10-6-14/h1,3-6,9-11H,2,7-8,12-13,18H2. The summed E-state index contributed by atoms with van der Waals surface area (Å²) in [6, 6.07) is 12.2. The van der Waals surface area contributed by atoms with Crippen molar-refractivity contribution in [3.05, 3.63) is 48.8 Å². The summed E-state index contributed by atoms with van der Waals surface area (Å²) in [5, 5.41) is 0. The van der Waals surface area contributed by atoms with Crippen LogP contribution in [0.2, 0.25) is 0 Å². The largest absolute Gasteiger partial charge is 0.493 e. The second-order valence-electron chi connectivity index (χ2n) is 5.61. The van der Waals surface area contributed by atoms with Crippen LogP contribution in [0.25, 0.3) is 11.1 Å². The van der Waals surface area contributed by atoms with E-state index >= 15 is 0 Å². The fraction of sp³-hybridized carbons (Fsp3) is 0.353. The zero-order valence-electron chi connectivity index (χ0n) is 11.6. The van der Waals surface area contributed by atoms with Crippen LogP contribution >= 0.6 is 0 Å². The second kappa shape index (κ2) is 5.63. The molecule has 1 fully saturated rings. The number of nitrogens with two attached hydrogens (primary N) is 1. The first-order chi connectivity index (χ1) is 9.81. The number of ether oxygens (including phenoxy) is 1. The van der Waals surface area contributed by atoms with Crippen molar-refractivity contribution in [1.82, 2.24) is 4.98 Å². The molecule has 1 aromatic carbocycles. The average Bonchev–Trinajstić information content (AvgIpc) is 2.48. The SMILES string of the molecule is NCC1(COc2cccc(-c3ccncc3)c2)CCC1. The van der Waals surface area contributed by atoms with E-state index in [1.165, 1.54) is 19.3 Å². The zero-order chi connectivity index (χ0) is 13.8. The molecule has 0 atom stereocenters. The van der Waals surface area contributed by atoms with Crippen LogP contribution < -0.4 is 10.5 Å². The molecule has 0 unspecified atom stereocenters. The smallest absolute Gasteiger partial charge is 0.119 e. The minimum Gasteiger partial charge on any atom is -0.493 e. The Hall–Kier alpha value is -1.87. The Morgan fingerprint density at radius 1 is 1.10 bits per heavy atom. The average molecular weight is 268 g/mol. The highest BCUT2D eigenvalue weighted by atomic mass is 16.5. The lowest BCUT2D eigenvalue weighted by Gasteiger charge is -2.40. The molecule has 0 saturated heterocycles. The van der Waals surface area contributed by atoms with Crippen molar-refractivity contribution >= 4 is 0 Å². The Bertz CT molecular complexity index is 559. The first-order valence-electron chi connectivity index (χ1n) is 7.15. The lowest BCUT2D eigenvalue weighted by atomic mass is 9.69. The van der Waals surface area contributed by atoms with E-state index in [0.717, 1.165) is 30.0 Å². The van der Waals surface area contributed by atoms with E-state index in [1.807, 2.05) is 24.3 Å². The molecule has 20 heavy (non-hydrogen) atoms. The van der Waals surface area contributed by atoms with Gasteiger partial charge in [-0.25, -0.2) is 0 Å². The van der Waals surface area contributed by atoms with E-state index in [0.29, 0.717) is 0 Å². The highest BCUT2D eigenvalue weighted by Gasteiger charge is 2.36. The Morgan fingerprint density at radius 3 is 2.55 bits per heavy atom. The molecule has 0 spiro atoms. The topological polar surface area (TPSA) is 48.1 Å². The molecule has 1 heterocycles. The number of benzene rings is 1. The fourth-order valence-corrected chi connectivity index (χ4v) is 2.63. The highest BCUT2D eigenvalue weighted by Crippen LogP contribution is 2.40. The Labute approximate surface area is 119 Å². The zero-order valence-corrected chi connectivity index (χ0v) is 11.6. The minimum absolute atomic E-state index is 0.215. The molecule has 1 aliphatic carbocycles. The van der Waals surface area contributed by atoms with Crippen LogP contribution in [0, 0.1) is 5.41 Å². The predicted octanol–water partition coefficient (Wildman–Crippen LogP) is 3.26. The van der Waals surface area contributed by atoms with Gasteiger partial charge < -0.3 is 10.5 Å². The summed E-state index contributed by atoms with van der Waals surface area (Å²) < 4.78 is 5.97. The third-order valence-electron chi connectivity index (χ3n) is 4.24. The molecule has 3 rings (SSSR count). The number of pyridine rings is 1. The Kier molecular flexibility index (Phi) is 3.70. The molecule has 3 heteroatoms. The van der Waals surface area contributed by atoms with Crippen LogP contribution in [0.3, 0.4) is 0 Å². The normalized spacial score (nSPS) is 16.4. The van der Waals surface area contributed by atoms with Crippen molar-refractivity contribution in [2.24, 2.45) is 11.1 Å². The lowest BCUT2D eigenvalue weighted by Crippen LogP contribution is -2.42. The molecule has 1 aromatic heterocycles. The quantitative estimate of drug-likeness (QED) is 0.905. The maximum atomic E-state index is 5.97. The van der Waals surface area contributed by atoms with Crippen LogP contribution in [0.4, 0.5) is 0 Å². The van der Waals surface area contributed by atoms with Gasteiger partial charge in [-0.15, -0.1) is 0 Å². The molecule has 0 bridgehead atoms. The second-order valence-corrected chi connectivity index (χ2v) is 5.61. The number of rotatable bonds is 5. The third kappa shape index (κ3) is 2.68. The summed E-state index contributed by atoms with van der Waals surface area (Å²) in [6.07, 6.45) is 7.26. The van der Waals surface area contributed by atoms with E-state index in [2.05, 4.69) is 17.1 Å². The van der Waals surface area contributed by atoms with Gasteiger partial charge in [-0.3, -0.25) is 4.98 Å². The van der Waals surface area contributed by atoms with Crippen LogP contribution in [0.15, 0.2) is 48.8 Å². The molecule has 3 nitrogen and oxygen atoms in total. The first-order valence-corrected chi connectivity index (χ1v) is 7.15. The van der Waals surface area contributed by atoms with Crippen molar-refractivity contribution in [1.29, 1.82) is 0 Å². The van der Waals surface area contributed by atoms with Gasteiger partial charge in [0.15, 0.2) is 0 Å². The molecule has 1 saturated carbocycles. The fourth-order valence-electron chi connectivity index (χ4n) is 2.63. The molecule has 0 aliphatic heterocycles. The van der Waals surface area contributed by atoms with Crippen molar-refractivity contribution in [3.63, 3.8) is 0 Å². The first kappa shape index (κ1) is 13.1. The number of nitrogens with zero attached hydrogens (tertiary/aromatic N) is 1. The Balaban J connectivity index is 1.72. The number of aromatic nitrogens is 1. The summed E-state index contributed by atoms with van der Waals surface area (Å²) in [5.41, 5.74) is 8.39. The summed E-state index contributed by atoms with van der Waals surface area (Å²) >= 11 is 0. The lowest BCUT2D eigenvalue weighted by molar-refractivity contribution is 0.0668. The van der Waals surface area contributed by atoms with Crippen LogP contribution in [0.1, 0.15) is 19.3 Å². The van der Waals surface area contributed by atoms with Gasteiger partial charge in [0.05, 0.1) is 6.61 Å². The van der Waals surface area contributed by atoms with Gasteiger partial charge in [0.1, 0.15) is 5.75 Å². The van der Waals surface area contributed by atoms with E-state index in [-0.39, 0.29) is 5.41 Å². The third-order valence-corrected chi connectivity index (χ3v) is 4.24. The van der Waals surface area contributed by atoms with Crippen molar-refractivity contribution in [2.75, 3.05) is 13.2 Å². The summed E-state index contributed by atoms with van der Waals surface area (Å²) in [7, 11) is 0. The minimum atomic E-state index is 0.215. The van der Waals surface area contributed by atoms with Crippen LogP contribution in [0.5, 0.6) is 5.75 Å². The summed E-state index contributed by atoms with van der Waals surface area (Å²) in [4.78, 5) is 4.05. The van der Waals surface area contributed by atoms with Gasteiger partial charge in [0, 0.05) is 24.4 Å². The summed E-state index contributed by atoms with van der Waals surface area (Å²) in [6.45, 7) is 1.44. The van der Waals surface area contributed by atoms with Crippen molar-refractivity contribution in [3.8, 4) is 16.9 Å². The predicted molar refractivity (Wildman–Crippen MR) is 80.5 cm³/mol. The van der Waals surface area contributed by atoms with Crippen molar-refractivity contribution < 1.29 is 4.74 Å². The molecule has 104 valence electrons. The van der Waals surface area contributed by atoms with Gasteiger partial charge in [-0.2, -0.15) is 0 Å². The molecule has 2 N–H and O–H groups in total. The molecular formula is C17H20N2O. The number of hydrogen-bond acceptors (Lipinski definition) is 3. The van der Waals surface area contributed by atoms with Crippen LogP contribution in [-0.4, -0.2) is 18.1 Å². The van der Waals surface area contributed by atoms with E-state index in [9.17, 15) is 0 Å². The van der Waals surface area contributed by atoms with Gasteiger partial charge in [0.2, 0.25) is 0 Å². The number of hydrogen-bond donors (Lipinski definition) is 1. The van der Waals surface area contributed by atoms with Gasteiger partial charge in [0.25, 0.3) is 0 Å². The van der Waals surface area contributed by atoms with E-state index < -0.39 is 0 Å². The molecular weight excluding hydrogens is 248 g/mol. The van der Waals surface area contributed by atoms with Crippen LogP contribution in [-0.2, 0) is 0 Å². The van der Waals surface area contributed by atoms with Crippen molar-refractivity contribution in [2.45, 2.75) is 19.3 Å².